The van der Waals surface area contributed by atoms with Gasteiger partial charge in [0.15, 0.2) is 0 Å². The first-order valence-electron chi connectivity index (χ1n) is 33.1. The van der Waals surface area contributed by atoms with Gasteiger partial charge in [-0.25, -0.2) is 0 Å². The lowest BCUT2D eigenvalue weighted by Crippen LogP contribution is -2.35. The third-order valence-electron chi connectivity index (χ3n) is 20.7. The summed E-state index contributed by atoms with van der Waals surface area (Å²) >= 11 is 0. The van der Waals surface area contributed by atoms with Gasteiger partial charge >= 0.3 is 0 Å². The fourth-order valence-electron chi connectivity index (χ4n) is 15.9. The molecule has 0 bridgehead atoms. The van der Waals surface area contributed by atoms with E-state index in [-0.39, 0.29) is 5.41 Å². The van der Waals surface area contributed by atoms with Crippen LogP contribution in [0.5, 0.6) is 0 Å². The van der Waals surface area contributed by atoms with Crippen molar-refractivity contribution in [1.82, 2.24) is 0 Å². The van der Waals surface area contributed by atoms with E-state index in [9.17, 15) is 0 Å². The van der Waals surface area contributed by atoms with Crippen LogP contribution in [-0.4, -0.2) is 0 Å². The third-order valence-corrected chi connectivity index (χ3v) is 20.7. The minimum absolute atomic E-state index is 0.279. The minimum atomic E-state index is -0.590. The lowest BCUT2D eigenvalue weighted by Gasteiger charge is -2.41. The van der Waals surface area contributed by atoms with E-state index in [1.807, 2.05) is 12.2 Å². The van der Waals surface area contributed by atoms with Crippen LogP contribution in [0.4, 0.5) is 28.4 Å². The highest BCUT2D eigenvalue weighted by atomic mass is 15.2. The molecule has 0 fully saturated rings. The Labute approximate surface area is 559 Å². The van der Waals surface area contributed by atoms with E-state index in [0.717, 1.165) is 62.8 Å². The highest BCUT2D eigenvalue weighted by Crippen LogP contribution is 2.63. The number of allylic oxidation sites excluding steroid dienone is 3. The van der Waals surface area contributed by atoms with Gasteiger partial charge in [0.2, 0.25) is 0 Å². The molecule has 0 aliphatic heterocycles. The molecule has 3 aliphatic rings. The lowest BCUT2D eigenvalue weighted by molar-refractivity contribution is 0.536. The zero-order valence-corrected chi connectivity index (χ0v) is 53.9. The van der Waals surface area contributed by atoms with E-state index >= 15 is 0 Å². The summed E-state index contributed by atoms with van der Waals surface area (Å²) in [5.74, 6) is 0. The molecule has 3 atom stereocenters. The Bertz CT molecular complexity index is 5080. The second kappa shape index (κ2) is 23.8. The first-order chi connectivity index (χ1) is 46.6. The fourth-order valence-corrected chi connectivity index (χ4v) is 15.9. The molecule has 13 aromatic carbocycles. The first-order valence-corrected chi connectivity index (χ1v) is 33.1. The molecule has 0 N–H and O–H groups in total. The predicted molar refractivity (Wildman–Crippen MR) is 400 cm³/mol. The Kier molecular flexibility index (Phi) is 14.7. The Balaban J connectivity index is 0.807. The predicted octanol–water partition coefficient (Wildman–Crippen LogP) is 24.1. The average molecular weight is 1220 g/mol. The van der Waals surface area contributed by atoms with E-state index in [2.05, 4.69) is 377 Å². The summed E-state index contributed by atoms with van der Waals surface area (Å²) in [5.41, 5.74) is 30.8. The SMILES string of the molecule is C=Cc1ccc(C2(c3ccc(C)cc3)C3=CC(N(c4ccc(-c5ccccc5)cc4)c4ccc(-c5ccc(N(c6ccc(-c7ccccc7)cc6)c6ccc7c(c6)C(c6ccc(C)cc6)(c6ccc(C=C)cc6)c6ccccc6-7)cc5)cc4)=CCC3(C)c3ccccc32)cc1. The van der Waals surface area contributed by atoms with Crippen LogP contribution in [0.3, 0.4) is 0 Å². The molecule has 0 amide bonds. The molecular weight excluding hydrogens is 1150 g/mol. The second-order valence-corrected chi connectivity index (χ2v) is 26.0. The van der Waals surface area contributed by atoms with Crippen molar-refractivity contribution in [2.45, 2.75) is 43.4 Å². The third kappa shape index (κ3) is 9.78. The molecule has 0 aromatic heterocycles. The topological polar surface area (TPSA) is 6.48 Å². The van der Waals surface area contributed by atoms with E-state index < -0.39 is 10.8 Å². The Morgan fingerprint density at radius 1 is 0.316 bits per heavy atom. The summed E-state index contributed by atoms with van der Waals surface area (Å²) in [5, 5.41) is 0. The normalized spacial score (nSPS) is 17.3. The standard InChI is InChI=1S/C93H72N2/c1-6-66-30-46-75(47-31-66)92(74-42-26-64(3)27-43-74)86-23-15-14-22-84(86)85-59-58-82(62-89(85)92)94(78-50-34-70(35-51-78)68-18-10-8-11-19-68)79-54-38-72(39-55-79)73-40-56-81(57-41-73)95(80-52-36-71(37-53-80)69-20-12-9-13-21-69)83-60-61-91(5)87-24-16-17-25-88(87)93(90(91)63-83,76-44-28-65(4)29-45-76)77-48-32-67(7-2)33-49-77/h6-60,62-63H,1-2,61H2,3-5H3. The first kappa shape index (κ1) is 58.5. The molecule has 2 nitrogen and oxygen atoms in total. The molecule has 95 heavy (non-hydrogen) atoms. The molecule has 13 aromatic rings. The summed E-state index contributed by atoms with van der Waals surface area (Å²) in [6.45, 7) is 15.1. The largest absolute Gasteiger partial charge is 0.311 e. The van der Waals surface area contributed by atoms with Crippen LogP contribution in [0.15, 0.2) is 358 Å². The summed E-state index contributed by atoms with van der Waals surface area (Å²) in [7, 11) is 0. The van der Waals surface area contributed by atoms with Gasteiger partial charge in [0.1, 0.15) is 0 Å². The van der Waals surface area contributed by atoms with Crippen molar-refractivity contribution < 1.29 is 0 Å². The number of rotatable bonds is 15. The average Bonchev–Trinajstić information content (AvgIpc) is 1.54. The van der Waals surface area contributed by atoms with Crippen LogP contribution < -0.4 is 9.80 Å². The molecular formula is C93H72N2. The smallest absolute Gasteiger partial charge is 0.0714 e. The van der Waals surface area contributed by atoms with E-state index in [1.165, 1.54) is 94.6 Å². The number of anilines is 5. The maximum atomic E-state index is 4.14. The van der Waals surface area contributed by atoms with Gasteiger partial charge in [-0.15, -0.1) is 0 Å². The summed E-state index contributed by atoms with van der Waals surface area (Å²) in [4.78, 5) is 4.90. The van der Waals surface area contributed by atoms with Crippen LogP contribution in [0.2, 0.25) is 0 Å². The lowest BCUT2D eigenvalue weighted by atomic mass is 9.62. The Hall–Kier alpha value is -11.6. The number of nitrogens with zero attached hydrogens (tertiary/aromatic N) is 2. The van der Waals surface area contributed by atoms with Crippen molar-refractivity contribution in [3.05, 3.63) is 425 Å². The molecule has 0 spiro atoms. The Morgan fingerprint density at radius 2 is 0.674 bits per heavy atom. The van der Waals surface area contributed by atoms with Crippen molar-refractivity contribution in [2.24, 2.45) is 0 Å². The molecule has 0 saturated carbocycles. The van der Waals surface area contributed by atoms with Crippen LogP contribution in [0, 0.1) is 13.8 Å². The van der Waals surface area contributed by atoms with Gasteiger partial charge in [0, 0.05) is 39.5 Å². The Morgan fingerprint density at radius 3 is 1.13 bits per heavy atom. The van der Waals surface area contributed by atoms with Gasteiger partial charge in [-0.3, -0.25) is 0 Å². The van der Waals surface area contributed by atoms with Crippen LogP contribution in [0.1, 0.15) is 80.1 Å². The van der Waals surface area contributed by atoms with Crippen LogP contribution in [-0.2, 0) is 16.2 Å². The second-order valence-electron chi connectivity index (χ2n) is 26.0. The van der Waals surface area contributed by atoms with Crippen molar-refractivity contribution >= 4 is 40.6 Å². The fraction of sp³-hybridized carbons (Fsp3) is 0.0753. The maximum Gasteiger partial charge on any atom is 0.0714 e. The maximum absolute atomic E-state index is 4.14. The molecule has 0 radical (unpaired) electrons. The van der Waals surface area contributed by atoms with E-state index in [1.54, 1.807) is 0 Å². The number of aryl methyl sites for hydroxylation is 2. The van der Waals surface area contributed by atoms with Crippen molar-refractivity contribution in [1.29, 1.82) is 0 Å². The van der Waals surface area contributed by atoms with Crippen molar-refractivity contribution in [2.75, 3.05) is 9.80 Å². The quantitative estimate of drug-likeness (QED) is 0.101. The molecule has 3 aliphatic carbocycles. The summed E-state index contributed by atoms with van der Waals surface area (Å²) < 4.78 is 0. The highest BCUT2D eigenvalue weighted by Gasteiger charge is 2.56. The molecule has 2 heteroatoms. The van der Waals surface area contributed by atoms with Gasteiger partial charge in [-0.05, 0) is 193 Å². The van der Waals surface area contributed by atoms with Crippen molar-refractivity contribution in [3.8, 4) is 44.5 Å². The zero-order valence-electron chi connectivity index (χ0n) is 53.9. The van der Waals surface area contributed by atoms with Crippen LogP contribution >= 0.6 is 0 Å². The molecule has 0 heterocycles. The van der Waals surface area contributed by atoms with E-state index in [4.69, 9.17) is 0 Å². The molecule has 0 saturated heterocycles. The number of fused-ring (bicyclic) bond motifs is 6. The van der Waals surface area contributed by atoms with E-state index in [0.29, 0.717) is 0 Å². The molecule has 454 valence electrons. The van der Waals surface area contributed by atoms with Gasteiger partial charge in [0.05, 0.1) is 10.8 Å². The summed E-state index contributed by atoms with van der Waals surface area (Å²) in [6.07, 6.45) is 9.71. The number of benzene rings is 13. The van der Waals surface area contributed by atoms with Gasteiger partial charge in [-0.1, -0.05) is 310 Å². The van der Waals surface area contributed by atoms with Crippen molar-refractivity contribution in [3.63, 3.8) is 0 Å². The van der Waals surface area contributed by atoms with Gasteiger partial charge < -0.3 is 9.80 Å². The molecule has 16 rings (SSSR count). The summed E-state index contributed by atoms with van der Waals surface area (Å²) in [6, 6.07) is 120. The highest BCUT2D eigenvalue weighted by molar-refractivity contribution is 5.91. The van der Waals surface area contributed by atoms with Crippen LogP contribution in [0.25, 0.3) is 56.7 Å². The molecule has 3 unspecified atom stereocenters. The van der Waals surface area contributed by atoms with Gasteiger partial charge in [-0.2, -0.15) is 0 Å². The minimum Gasteiger partial charge on any atom is -0.311 e. The number of hydrogen-bond acceptors (Lipinski definition) is 2. The van der Waals surface area contributed by atoms with Gasteiger partial charge in [0.25, 0.3) is 0 Å². The monoisotopic (exact) mass is 1220 g/mol. The number of hydrogen-bond donors (Lipinski definition) is 0. The zero-order chi connectivity index (χ0) is 64.3.